The summed E-state index contributed by atoms with van der Waals surface area (Å²) in [6, 6.07) is 15.7. The molecule has 8 heteroatoms. The van der Waals surface area contributed by atoms with Crippen LogP contribution in [0.15, 0.2) is 54.6 Å². The molecular weight excluding hydrogens is 432 g/mol. The van der Waals surface area contributed by atoms with Crippen molar-refractivity contribution in [2.75, 3.05) is 49.6 Å². The van der Waals surface area contributed by atoms with Crippen LogP contribution in [-0.4, -0.2) is 68.1 Å². The van der Waals surface area contributed by atoms with Crippen molar-refractivity contribution in [2.45, 2.75) is 26.8 Å². The Hall–Kier alpha value is -3.39. The van der Waals surface area contributed by atoms with Gasteiger partial charge in [-0.3, -0.25) is 14.4 Å². The van der Waals surface area contributed by atoms with Crippen molar-refractivity contribution in [1.82, 2.24) is 10.2 Å². The molecule has 0 aliphatic carbocycles. The predicted octanol–water partition coefficient (Wildman–Crippen LogP) is 2.76. The third-order valence-corrected chi connectivity index (χ3v) is 5.81. The number of amides is 3. The van der Waals surface area contributed by atoms with Gasteiger partial charge in [0.15, 0.2) is 0 Å². The molecule has 34 heavy (non-hydrogen) atoms. The van der Waals surface area contributed by atoms with Gasteiger partial charge in [-0.05, 0) is 49.2 Å². The molecule has 2 aromatic rings. The maximum absolute atomic E-state index is 13.2. The van der Waals surface area contributed by atoms with Gasteiger partial charge < -0.3 is 25.2 Å². The van der Waals surface area contributed by atoms with Crippen LogP contribution in [0.3, 0.4) is 0 Å². The van der Waals surface area contributed by atoms with E-state index in [2.05, 4.69) is 15.5 Å². The van der Waals surface area contributed by atoms with Gasteiger partial charge in [-0.25, -0.2) is 0 Å². The van der Waals surface area contributed by atoms with Gasteiger partial charge in [0.25, 0.3) is 5.91 Å². The lowest BCUT2D eigenvalue weighted by atomic mass is 10.0. The van der Waals surface area contributed by atoms with Gasteiger partial charge in [0.05, 0.1) is 19.8 Å². The van der Waals surface area contributed by atoms with E-state index in [4.69, 9.17) is 4.74 Å². The first-order chi connectivity index (χ1) is 16.4. The topological polar surface area (TPSA) is 91.0 Å². The Labute approximate surface area is 201 Å². The SMILES string of the molecule is CCN(CC(=O)Nc1ccc(N2CCOCC2)cc1)C(=O)[C@@H](NC(=O)c1ccccc1)C(C)C. The molecule has 1 atom stereocenters. The van der Waals surface area contributed by atoms with E-state index >= 15 is 0 Å². The molecule has 1 fully saturated rings. The highest BCUT2D eigenvalue weighted by Crippen LogP contribution is 2.19. The van der Waals surface area contributed by atoms with Crippen LogP contribution in [0.2, 0.25) is 0 Å². The van der Waals surface area contributed by atoms with Crippen molar-refractivity contribution in [3.63, 3.8) is 0 Å². The summed E-state index contributed by atoms with van der Waals surface area (Å²) in [6.45, 7) is 8.94. The molecule has 2 N–H and O–H groups in total. The molecule has 0 aromatic heterocycles. The minimum atomic E-state index is -0.728. The van der Waals surface area contributed by atoms with Crippen molar-refractivity contribution < 1.29 is 19.1 Å². The van der Waals surface area contributed by atoms with Crippen LogP contribution in [0.1, 0.15) is 31.1 Å². The molecule has 1 aliphatic heterocycles. The van der Waals surface area contributed by atoms with Crippen molar-refractivity contribution in [3.8, 4) is 0 Å². The molecular formula is C26H34N4O4. The van der Waals surface area contributed by atoms with Crippen LogP contribution >= 0.6 is 0 Å². The van der Waals surface area contributed by atoms with Crippen LogP contribution in [0.25, 0.3) is 0 Å². The highest BCUT2D eigenvalue weighted by Gasteiger charge is 2.29. The van der Waals surface area contributed by atoms with Gasteiger partial charge in [-0.1, -0.05) is 32.0 Å². The molecule has 1 heterocycles. The van der Waals surface area contributed by atoms with Gasteiger partial charge in [0, 0.05) is 36.6 Å². The first-order valence-corrected chi connectivity index (χ1v) is 11.8. The minimum absolute atomic E-state index is 0.0923. The number of anilines is 2. The van der Waals surface area contributed by atoms with E-state index < -0.39 is 6.04 Å². The number of carbonyl (C=O) groups is 3. The number of rotatable bonds is 9. The number of nitrogens with one attached hydrogen (secondary N) is 2. The standard InChI is InChI=1S/C26H34N4O4/c1-4-29(26(33)24(19(2)3)28-25(32)20-8-6-5-7-9-20)18-23(31)27-21-10-12-22(13-11-21)30-14-16-34-17-15-30/h5-13,19,24H,4,14-18H2,1-3H3,(H,27,31)(H,28,32)/t24-/m0/s1. The zero-order chi connectivity index (χ0) is 24.5. The lowest BCUT2D eigenvalue weighted by Gasteiger charge is -2.29. The molecule has 1 aliphatic rings. The smallest absolute Gasteiger partial charge is 0.251 e. The Kier molecular flexibility index (Phi) is 9.04. The number of benzene rings is 2. The van der Waals surface area contributed by atoms with E-state index in [1.807, 2.05) is 51.1 Å². The Morgan fingerprint density at radius 3 is 2.24 bits per heavy atom. The van der Waals surface area contributed by atoms with Crippen LogP contribution in [0, 0.1) is 5.92 Å². The van der Waals surface area contributed by atoms with Gasteiger partial charge in [-0.15, -0.1) is 0 Å². The van der Waals surface area contributed by atoms with E-state index in [1.165, 1.54) is 4.90 Å². The van der Waals surface area contributed by atoms with Gasteiger partial charge >= 0.3 is 0 Å². The molecule has 0 saturated carbocycles. The van der Waals surface area contributed by atoms with Crippen molar-refractivity contribution >= 4 is 29.1 Å². The molecule has 2 aromatic carbocycles. The molecule has 182 valence electrons. The monoisotopic (exact) mass is 466 g/mol. The third kappa shape index (κ3) is 6.81. The molecule has 1 saturated heterocycles. The van der Waals surface area contributed by atoms with Crippen molar-refractivity contribution in [2.24, 2.45) is 5.92 Å². The number of likely N-dealkylation sites (N-methyl/N-ethyl adjacent to an activating group) is 1. The Morgan fingerprint density at radius 2 is 1.65 bits per heavy atom. The molecule has 3 amide bonds. The molecule has 3 rings (SSSR count). The van der Waals surface area contributed by atoms with Gasteiger partial charge in [-0.2, -0.15) is 0 Å². The fraction of sp³-hybridized carbons (Fsp3) is 0.423. The van der Waals surface area contributed by atoms with Crippen molar-refractivity contribution in [1.29, 1.82) is 0 Å². The summed E-state index contributed by atoms with van der Waals surface area (Å²) >= 11 is 0. The fourth-order valence-corrected chi connectivity index (χ4v) is 3.82. The summed E-state index contributed by atoms with van der Waals surface area (Å²) < 4.78 is 5.39. The fourth-order valence-electron chi connectivity index (χ4n) is 3.82. The lowest BCUT2D eigenvalue weighted by molar-refractivity contribution is -0.137. The highest BCUT2D eigenvalue weighted by atomic mass is 16.5. The molecule has 0 spiro atoms. The number of hydrogen-bond donors (Lipinski definition) is 2. The molecule has 0 radical (unpaired) electrons. The highest BCUT2D eigenvalue weighted by molar-refractivity contribution is 5.99. The van der Waals surface area contributed by atoms with E-state index in [9.17, 15) is 14.4 Å². The van der Waals surface area contributed by atoms with E-state index in [-0.39, 0.29) is 30.2 Å². The van der Waals surface area contributed by atoms with Crippen LogP contribution in [-0.2, 0) is 14.3 Å². The Bertz CT molecular complexity index is 957. The van der Waals surface area contributed by atoms with E-state index in [0.717, 1.165) is 18.8 Å². The average Bonchev–Trinajstić information content (AvgIpc) is 2.86. The summed E-state index contributed by atoms with van der Waals surface area (Å²) in [5.41, 5.74) is 2.24. The zero-order valence-electron chi connectivity index (χ0n) is 20.1. The second kappa shape index (κ2) is 12.2. The number of ether oxygens (including phenoxy) is 1. The number of morpholine rings is 1. The molecule has 8 nitrogen and oxygen atoms in total. The van der Waals surface area contributed by atoms with E-state index in [0.29, 0.717) is 31.0 Å². The van der Waals surface area contributed by atoms with Crippen LogP contribution in [0.4, 0.5) is 11.4 Å². The summed E-state index contributed by atoms with van der Waals surface area (Å²) in [4.78, 5) is 42.2. The maximum Gasteiger partial charge on any atom is 0.251 e. The number of hydrogen-bond acceptors (Lipinski definition) is 5. The van der Waals surface area contributed by atoms with Crippen molar-refractivity contribution in [3.05, 3.63) is 60.2 Å². The van der Waals surface area contributed by atoms with Gasteiger partial charge in [0.2, 0.25) is 11.8 Å². The zero-order valence-corrected chi connectivity index (χ0v) is 20.1. The minimum Gasteiger partial charge on any atom is -0.378 e. The molecule has 0 unspecified atom stereocenters. The first-order valence-electron chi connectivity index (χ1n) is 11.8. The Balaban J connectivity index is 1.59. The normalized spacial score (nSPS) is 14.4. The summed E-state index contributed by atoms with van der Waals surface area (Å²) in [5.74, 6) is -1.01. The maximum atomic E-state index is 13.2. The Morgan fingerprint density at radius 1 is 1.00 bits per heavy atom. The number of carbonyl (C=O) groups excluding carboxylic acids is 3. The lowest BCUT2D eigenvalue weighted by Crippen LogP contribution is -2.52. The molecule has 0 bridgehead atoms. The first kappa shape index (κ1) is 25.2. The summed E-state index contributed by atoms with van der Waals surface area (Å²) in [7, 11) is 0. The van der Waals surface area contributed by atoms with Crippen LogP contribution < -0.4 is 15.5 Å². The van der Waals surface area contributed by atoms with Gasteiger partial charge in [0.1, 0.15) is 6.04 Å². The predicted molar refractivity (Wildman–Crippen MR) is 133 cm³/mol. The number of nitrogens with zero attached hydrogens (tertiary/aromatic N) is 2. The largest absolute Gasteiger partial charge is 0.378 e. The third-order valence-electron chi connectivity index (χ3n) is 5.81. The average molecular weight is 467 g/mol. The quantitative estimate of drug-likeness (QED) is 0.593. The van der Waals surface area contributed by atoms with Crippen LogP contribution in [0.5, 0.6) is 0 Å². The summed E-state index contributed by atoms with van der Waals surface area (Å²) in [5, 5.41) is 5.70. The second-order valence-electron chi connectivity index (χ2n) is 8.61. The summed E-state index contributed by atoms with van der Waals surface area (Å²) in [6.07, 6.45) is 0. The second-order valence-corrected chi connectivity index (χ2v) is 8.61. The van der Waals surface area contributed by atoms with E-state index in [1.54, 1.807) is 24.3 Å².